The third-order valence-electron chi connectivity index (χ3n) is 3.44. The van der Waals surface area contributed by atoms with Crippen molar-refractivity contribution in [1.29, 1.82) is 0 Å². The van der Waals surface area contributed by atoms with Crippen LogP contribution in [0.2, 0.25) is 0 Å². The number of hydrogen-bond donors (Lipinski definition) is 3. The molecule has 2 aromatic heterocycles. The monoisotopic (exact) mass is 293 g/mol. The Labute approximate surface area is 120 Å². The molecule has 1 aliphatic heterocycles. The van der Waals surface area contributed by atoms with Gasteiger partial charge in [-0.2, -0.15) is 0 Å². The fourth-order valence-electron chi connectivity index (χ4n) is 2.46. The first-order valence-corrected chi connectivity index (χ1v) is 6.81. The number of furan rings is 1. The van der Waals surface area contributed by atoms with Crippen molar-refractivity contribution >= 4 is 12.2 Å². The Morgan fingerprint density at radius 3 is 2.90 bits per heavy atom. The minimum atomic E-state index is -0.121. The van der Waals surface area contributed by atoms with Gasteiger partial charge >= 0.3 is 0 Å². The normalized spacial score (nSPS) is 15.2. The number of H-pyrrole nitrogens is 2. The molecule has 7 heteroatoms. The average molecular weight is 293 g/mol. The van der Waals surface area contributed by atoms with Gasteiger partial charge in [-0.05, 0) is 24.4 Å². The van der Waals surface area contributed by atoms with E-state index in [1.54, 1.807) is 6.07 Å². The standard InChI is InChI=1S/C13H15N3O3S/c17-7-9-2-1-8(19-9)5-16-4-3-11-10(6-16)12(18)15-13(20)14-11/h1-2,17H,3-7H2,(H2,14,15,18,20). The Bertz CT molecular complexity index is 731. The summed E-state index contributed by atoms with van der Waals surface area (Å²) in [6.07, 6.45) is 0.760. The summed E-state index contributed by atoms with van der Waals surface area (Å²) in [5.41, 5.74) is 1.54. The van der Waals surface area contributed by atoms with Crippen LogP contribution in [-0.4, -0.2) is 26.5 Å². The zero-order valence-corrected chi connectivity index (χ0v) is 11.6. The molecule has 0 radical (unpaired) electrons. The third-order valence-corrected chi connectivity index (χ3v) is 3.65. The van der Waals surface area contributed by atoms with Crippen molar-refractivity contribution in [3.63, 3.8) is 0 Å². The summed E-state index contributed by atoms with van der Waals surface area (Å²) in [4.78, 5) is 19.7. The molecule has 3 N–H and O–H groups in total. The Morgan fingerprint density at radius 1 is 1.35 bits per heavy atom. The van der Waals surface area contributed by atoms with Crippen molar-refractivity contribution in [2.45, 2.75) is 26.1 Å². The zero-order valence-electron chi connectivity index (χ0n) is 10.8. The quantitative estimate of drug-likeness (QED) is 0.737. The van der Waals surface area contributed by atoms with Crippen molar-refractivity contribution in [3.8, 4) is 0 Å². The maximum atomic E-state index is 11.9. The fraction of sp³-hybridized carbons (Fsp3) is 0.385. The molecule has 0 atom stereocenters. The Morgan fingerprint density at radius 2 is 2.15 bits per heavy atom. The van der Waals surface area contributed by atoms with E-state index in [2.05, 4.69) is 14.9 Å². The minimum absolute atomic E-state index is 0.0981. The highest BCUT2D eigenvalue weighted by atomic mass is 32.1. The van der Waals surface area contributed by atoms with Gasteiger partial charge in [0, 0.05) is 25.2 Å². The number of aromatic amines is 2. The summed E-state index contributed by atoms with van der Waals surface area (Å²) in [6.45, 7) is 1.91. The van der Waals surface area contributed by atoms with E-state index in [4.69, 9.17) is 21.7 Å². The second-order valence-electron chi connectivity index (χ2n) is 4.85. The van der Waals surface area contributed by atoms with Gasteiger partial charge < -0.3 is 14.5 Å². The first kappa shape index (κ1) is 13.3. The van der Waals surface area contributed by atoms with Crippen LogP contribution in [0.25, 0.3) is 0 Å². The molecule has 0 saturated heterocycles. The number of aromatic nitrogens is 2. The van der Waals surface area contributed by atoms with Crippen LogP contribution in [-0.2, 0) is 26.1 Å². The van der Waals surface area contributed by atoms with Gasteiger partial charge in [-0.3, -0.25) is 14.7 Å². The summed E-state index contributed by atoms with van der Waals surface area (Å²) in [5.74, 6) is 1.34. The van der Waals surface area contributed by atoms with E-state index in [1.807, 2.05) is 6.07 Å². The van der Waals surface area contributed by atoms with Crippen molar-refractivity contribution in [3.05, 3.63) is 50.0 Å². The van der Waals surface area contributed by atoms with Crippen molar-refractivity contribution in [2.24, 2.45) is 0 Å². The lowest BCUT2D eigenvalue weighted by molar-refractivity contribution is 0.206. The maximum absolute atomic E-state index is 11.9. The van der Waals surface area contributed by atoms with Gasteiger partial charge in [-0.25, -0.2) is 0 Å². The minimum Gasteiger partial charge on any atom is -0.462 e. The van der Waals surface area contributed by atoms with E-state index in [0.717, 1.165) is 30.0 Å². The molecular weight excluding hydrogens is 278 g/mol. The fourth-order valence-corrected chi connectivity index (χ4v) is 2.68. The zero-order chi connectivity index (χ0) is 14.1. The van der Waals surface area contributed by atoms with Crippen LogP contribution >= 0.6 is 12.2 Å². The number of fused-ring (bicyclic) bond motifs is 1. The van der Waals surface area contributed by atoms with E-state index in [-0.39, 0.29) is 12.2 Å². The molecule has 0 bridgehead atoms. The highest BCUT2D eigenvalue weighted by Crippen LogP contribution is 2.17. The number of rotatable bonds is 3. The second-order valence-corrected chi connectivity index (χ2v) is 5.26. The molecule has 3 heterocycles. The van der Waals surface area contributed by atoms with Crippen LogP contribution in [0.15, 0.2) is 21.3 Å². The summed E-state index contributed by atoms with van der Waals surface area (Å²) >= 11 is 4.97. The van der Waals surface area contributed by atoms with Gasteiger partial charge in [0.2, 0.25) is 0 Å². The molecule has 0 aromatic carbocycles. The molecule has 0 saturated carbocycles. The molecular formula is C13H15N3O3S. The number of nitrogens with one attached hydrogen (secondary N) is 2. The molecule has 0 unspecified atom stereocenters. The van der Waals surface area contributed by atoms with Gasteiger partial charge in [0.1, 0.15) is 18.1 Å². The lowest BCUT2D eigenvalue weighted by Gasteiger charge is -2.26. The SMILES string of the molecule is O=c1[nH]c(=S)[nH]c2c1CN(Cc1ccc(CO)o1)CC2. The lowest BCUT2D eigenvalue weighted by atomic mass is 10.1. The Balaban J connectivity index is 1.78. The van der Waals surface area contributed by atoms with Gasteiger partial charge in [-0.1, -0.05) is 0 Å². The van der Waals surface area contributed by atoms with Crippen LogP contribution in [0, 0.1) is 4.77 Å². The van der Waals surface area contributed by atoms with Crippen molar-refractivity contribution < 1.29 is 9.52 Å². The topological polar surface area (TPSA) is 85.3 Å². The number of hydrogen-bond acceptors (Lipinski definition) is 5. The number of aliphatic hydroxyl groups is 1. The molecule has 6 nitrogen and oxygen atoms in total. The molecule has 0 amide bonds. The van der Waals surface area contributed by atoms with Gasteiger partial charge in [0.05, 0.1) is 12.1 Å². The van der Waals surface area contributed by atoms with Gasteiger partial charge in [0.25, 0.3) is 5.56 Å². The predicted molar refractivity (Wildman–Crippen MR) is 74.7 cm³/mol. The van der Waals surface area contributed by atoms with E-state index in [1.165, 1.54) is 0 Å². The van der Waals surface area contributed by atoms with Crippen LogP contribution < -0.4 is 5.56 Å². The predicted octanol–water partition coefficient (Wildman–Crippen LogP) is 1.08. The first-order valence-electron chi connectivity index (χ1n) is 6.41. The molecule has 3 rings (SSSR count). The summed E-state index contributed by atoms with van der Waals surface area (Å²) < 4.78 is 5.85. The van der Waals surface area contributed by atoms with E-state index in [0.29, 0.717) is 23.6 Å². The second kappa shape index (κ2) is 5.35. The van der Waals surface area contributed by atoms with Gasteiger partial charge in [-0.15, -0.1) is 0 Å². The Kier molecular flexibility index (Phi) is 3.56. The highest BCUT2D eigenvalue weighted by molar-refractivity contribution is 7.71. The van der Waals surface area contributed by atoms with Gasteiger partial charge in [0.15, 0.2) is 4.77 Å². The molecule has 20 heavy (non-hydrogen) atoms. The molecule has 0 aliphatic carbocycles. The highest BCUT2D eigenvalue weighted by Gasteiger charge is 2.20. The number of nitrogens with zero attached hydrogens (tertiary/aromatic N) is 1. The summed E-state index contributed by atoms with van der Waals surface area (Å²) in [5, 5.41) is 8.98. The lowest BCUT2D eigenvalue weighted by Crippen LogP contribution is -2.35. The molecule has 106 valence electrons. The number of aliphatic hydroxyl groups excluding tert-OH is 1. The van der Waals surface area contributed by atoms with Crippen LogP contribution in [0.4, 0.5) is 0 Å². The van der Waals surface area contributed by atoms with E-state index >= 15 is 0 Å². The molecule has 0 spiro atoms. The smallest absolute Gasteiger partial charge is 0.256 e. The third kappa shape index (κ3) is 2.60. The van der Waals surface area contributed by atoms with E-state index < -0.39 is 0 Å². The van der Waals surface area contributed by atoms with Crippen molar-refractivity contribution in [2.75, 3.05) is 6.54 Å². The summed E-state index contributed by atoms with van der Waals surface area (Å²) in [7, 11) is 0. The maximum Gasteiger partial charge on any atom is 0.256 e. The Hall–Kier alpha value is -1.70. The summed E-state index contributed by atoms with van der Waals surface area (Å²) in [6, 6.07) is 3.61. The first-order chi connectivity index (χ1) is 9.65. The average Bonchev–Trinajstić information content (AvgIpc) is 2.87. The molecule has 0 fully saturated rings. The molecule has 1 aliphatic rings. The van der Waals surface area contributed by atoms with Crippen LogP contribution in [0.5, 0.6) is 0 Å². The van der Waals surface area contributed by atoms with Crippen LogP contribution in [0.1, 0.15) is 22.8 Å². The van der Waals surface area contributed by atoms with Crippen LogP contribution in [0.3, 0.4) is 0 Å². The molecule has 2 aromatic rings. The van der Waals surface area contributed by atoms with Crippen molar-refractivity contribution in [1.82, 2.24) is 14.9 Å². The largest absolute Gasteiger partial charge is 0.462 e. The van der Waals surface area contributed by atoms with E-state index in [9.17, 15) is 4.79 Å².